The van der Waals surface area contributed by atoms with Gasteiger partial charge in [-0.1, -0.05) is 6.08 Å². The third-order valence-electron chi connectivity index (χ3n) is 3.48. The number of aryl methyl sites for hydroxylation is 1. The van der Waals surface area contributed by atoms with Crippen molar-refractivity contribution in [3.05, 3.63) is 40.6 Å². The Hall–Kier alpha value is -2.02. The summed E-state index contributed by atoms with van der Waals surface area (Å²) in [5, 5.41) is 0.763. The van der Waals surface area contributed by atoms with Crippen LogP contribution in [0, 0.1) is 0 Å². The van der Waals surface area contributed by atoms with E-state index in [0.29, 0.717) is 17.6 Å². The molecule has 7 heteroatoms. The standard InChI is InChI=1S/C13H13N3O3S/c1-16-12-10(7-14-8-15-12)6-11(13(16)17)9-2-4-20(18,19)5-3-9/h2,6-8H,3-5H2,1H3. The first kappa shape index (κ1) is 13.0. The monoisotopic (exact) mass is 291 g/mol. The molecule has 6 nitrogen and oxygen atoms in total. The third-order valence-corrected chi connectivity index (χ3v) is 4.98. The van der Waals surface area contributed by atoms with Gasteiger partial charge in [-0.3, -0.25) is 9.36 Å². The maximum Gasteiger partial charge on any atom is 0.259 e. The maximum atomic E-state index is 12.4. The largest absolute Gasteiger partial charge is 0.295 e. The molecule has 0 aromatic carbocycles. The summed E-state index contributed by atoms with van der Waals surface area (Å²) in [4.78, 5) is 20.4. The first-order valence-corrected chi connectivity index (χ1v) is 8.00. The molecule has 1 aliphatic rings. The average molecular weight is 291 g/mol. The van der Waals surface area contributed by atoms with E-state index in [-0.39, 0.29) is 17.1 Å². The molecule has 2 aromatic rings. The number of pyridine rings is 1. The number of hydrogen-bond acceptors (Lipinski definition) is 5. The molecule has 104 valence electrons. The minimum atomic E-state index is -3.00. The number of allylic oxidation sites excluding steroid dienone is 1. The van der Waals surface area contributed by atoms with Gasteiger partial charge < -0.3 is 0 Å². The van der Waals surface area contributed by atoms with Crippen LogP contribution in [-0.2, 0) is 16.9 Å². The molecular weight excluding hydrogens is 278 g/mol. The van der Waals surface area contributed by atoms with Gasteiger partial charge in [-0.25, -0.2) is 18.4 Å². The van der Waals surface area contributed by atoms with Crippen molar-refractivity contribution >= 4 is 26.4 Å². The minimum absolute atomic E-state index is 0.00514. The van der Waals surface area contributed by atoms with Gasteiger partial charge in [-0.15, -0.1) is 0 Å². The Morgan fingerprint density at radius 3 is 2.85 bits per heavy atom. The summed E-state index contributed by atoms with van der Waals surface area (Å²) in [6, 6.07) is 1.74. The second kappa shape index (κ2) is 4.52. The Labute approximate surface area is 115 Å². The van der Waals surface area contributed by atoms with Crippen LogP contribution in [-0.4, -0.2) is 34.5 Å². The van der Waals surface area contributed by atoms with Crippen molar-refractivity contribution in [1.29, 1.82) is 0 Å². The van der Waals surface area contributed by atoms with Crippen molar-refractivity contribution in [1.82, 2.24) is 14.5 Å². The van der Waals surface area contributed by atoms with Gasteiger partial charge in [0.25, 0.3) is 5.56 Å². The van der Waals surface area contributed by atoms with E-state index in [0.717, 1.165) is 11.0 Å². The number of fused-ring (bicyclic) bond motifs is 1. The summed E-state index contributed by atoms with van der Waals surface area (Å²) in [6.45, 7) is 0. The highest BCUT2D eigenvalue weighted by Gasteiger charge is 2.20. The molecule has 3 heterocycles. The lowest BCUT2D eigenvalue weighted by Gasteiger charge is -2.14. The molecule has 0 saturated heterocycles. The number of aromatic nitrogens is 3. The molecule has 3 rings (SSSR count). The van der Waals surface area contributed by atoms with E-state index in [9.17, 15) is 13.2 Å². The zero-order chi connectivity index (χ0) is 14.3. The molecule has 0 saturated carbocycles. The summed E-state index contributed by atoms with van der Waals surface area (Å²) in [7, 11) is -1.35. The zero-order valence-corrected chi connectivity index (χ0v) is 11.7. The van der Waals surface area contributed by atoms with E-state index < -0.39 is 9.84 Å². The lowest BCUT2D eigenvalue weighted by atomic mass is 10.0. The maximum absolute atomic E-state index is 12.4. The lowest BCUT2D eigenvalue weighted by Crippen LogP contribution is -2.24. The molecule has 1 aliphatic heterocycles. The van der Waals surface area contributed by atoms with E-state index >= 15 is 0 Å². The van der Waals surface area contributed by atoms with Gasteiger partial charge in [0.15, 0.2) is 9.84 Å². The molecule has 20 heavy (non-hydrogen) atoms. The fourth-order valence-electron chi connectivity index (χ4n) is 2.36. The summed E-state index contributed by atoms with van der Waals surface area (Å²) < 4.78 is 24.4. The van der Waals surface area contributed by atoms with Crippen LogP contribution in [0.2, 0.25) is 0 Å². The molecule has 2 aromatic heterocycles. The van der Waals surface area contributed by atoms with Crippen molar-refractivity contribution in [3.63, 3.8) is 0 Å². The number of nitrogens with zero attached hydrogens (tertiary/aromatic N) is 3. The molecule has 0 amide bonds. The topological polar surface area (TPSA) is 81.9 Å². The third kappa shape index (κ3) is 2.14. The molecule has 0 atom stereocenters. The highest BCUT2D eigenvalue weighted by atomic mass is 32.2. The molecule has 0 fully saturated rings. The Morgan fingerprint density at radius 2 is 2.15 bits per heavy atom. The number of rotatable bonds is 1. The Bertz CT molecular complexity index is 881. The Balaban J connectivity index is 2.21. The Kier molecular flexibility index (Phi) is 2.93. The van der Waals surface area contributed by atoms with E-state index in [1.54, 1.807) is 25.4 Å². The van der Waals surface area contributed by atoms with Gasteiger partial charge in [0, 0.05) is 24.2 Å². The van der Waals surface area contributed by atoms with Gasteiger partial charge in [0.2, 0.25) is 0 Å². The molecule has 0 spiro atoms. The van der Waals surface area contributed by atoms with Crippen molar-refractivity contribution in [2.75, 3.05) is 11.5 Å². The van der Waals surface area contributed by atoms with Crippen molar-refractivity contribution in [3.8, 4) is 0 Å². The van der Waals surface area contributed by atoms with Crippen LogP contribution in [0.3, 0.4) is 0 Å². The quantitative estimate of drug-likeness (QED) is 0.765. The van der Waals surface area contributed by atoms with Gasteiger partial charge in [0.1, 0.15) is 12.0 Å². The first-order chi connectivity index (χ1) is 9.48. The van der Waals surface area contributed by atoms with Crippen LogP contribution < -0.4 is 5.56 Å². The first-order valence-electron chi connectivity index (χ1n) is 6.17. The molecule has 0 bridgehead atoms. The zero-order valence-electron chi connectivity index (χ0n) is 10.9. The highest BCUT2D eigenvalue weighted by Crippen LogP contribution is 2.22. The highest BCUT2D eigenvalue weighted by molar-refractivity contribution is 7.91. The second-order valence-corrected chi connectivity index (χ2v) is 7.05. The van der Waals surface area contributed by atoms with Crippen LogP contribution in [0.5, 0.6) is 0 Å². The van der Waals surface area contributed by atoms with Crippen LogP contribution in [0.4, 0.5) is 0 Å². The van der Waals surface area contributed by atoms with E-state index in [1.165, 1.54) is 10.9 Å². The van der Waals surface area contributed by atoms with Gasteiger partial charge in [-0.05, 0) is 18.1 Å². The van der Waals surface area contributed by atoms with Crippen molar-refractivity contribution in [2.45, 2.75) is 6.42 Å². The van der Waals surface area contributed by atoms with E-state index in [1.807, 2.05) is 0 Å². The smallest absolute Gasteiger partial charge is 0.259 e. The summed E-state index contributed by atoms with van der Waals surface area (Å²) >= 11 is 0. The second-order valence-electron chi connectivity index (χ2n) is 4.82. The van der Waals surface area contributed by atoms with Crippen LogP contribution in [0.25, 0.3) is 16.6 Å². The fourth-order valence-corrected chi connectivity index (χ4v) is 3.52. The van der Waals surface area contributed by atoms with Crippen LogP contribution in [0.1, 0.15) is 12.0 Å². The summed E-state index contributed by atoms with van der Waals surface area (Å²) in [5.41, 5.74) is 1.72. The lowest BCUT2D eigenvalue weighted by molar-refractivity contribution is 0.597. The molecule has 0 aliphatic carbocycles. The molecular formula is C13H13N3O3S. The number of hydrogen-bond donors (Lipinski definition) is 0. The predicted molar refractivity (Wildman–Crippen MR) is 76.0 cm³/mol. The normalized spacial score (nSPS) is 17.9. The minimum Gasteiger partial charge on any atom is -0.295 e. The molecule has 0 radical (unpaired) electrons. The van der Waals surface area contributed by atoms with Gasteiger partial charge in [-0.2, -0.15) is 0 Å². The van der Waals surface area contributed by atoms with Crippen LogP contribution >= 0.6 is 0 Å². The molecule has 0 N–H and O–H groups in total. The predicted octanol–water partition coefficient (Wildman–Crippen LogP) is 0.530. The van der Waals surface area contributed by atoms with Crippen LogP contribution in [0.15, 0.2) is 29.5 Å². The summed E-state index contributed by atoms with van der Waals surface area (Å²) in [6.07, 6.45) is 5.04. The summed E-state index contributed by atoms with van der Waals surface area (Å²) in [5.74, 6) is 0.0835. The van der Waals surface area contributed by atoms with E-state index in [4.69, 9.17) is 0 Å². The van der Waals surface area contributed by atoms with Gasteiger partial charge >= 0.3 is 0 Å². The average Bonchev–Trinajstić information content (AvgIpc) is 2.43. The SMILES string of the molecule is Cn1c(=O)c(C2=CCS(=O)(=O)CC2)cc2cncnc21. The van der Waals surface area contributed by atoms with Crippen molar-refractivity contribution < 1.29 is 8.42 Å². The fraction of sp³-hybridized carbons (Fsp3) is 0.308. The molecule has 0 unspecified atom stereocenters. The Morgan fingerprint density at radius 1 is 1.35 bits per heavy atom. The van der Waals surface area contributed by atoms with E-state index in [2.05, 4.69) is 9.97 Å². The number of sulfone groups is 1. The van der Waals surface area contributed by atoms with Crippen molar-refractivity contribution in [2.24, 2.45) is 7.05 Å². The van der Waals surface area contributed by atoms with Gasteiger partial charge in [0.05, 0.1) is 11.5 Å².